The highest BCUT2D eigenvalue weighted by molar-refractivity contribution is 7.99. The zero-order valence-electron chi connectivity index (χ0n) is 9.00. The normalized spacial score (nSPS) is 10.5. The summed E-state index contributed by atoms with van der Waals surface area (Å²) < 4.78 is 0. The topological polar surface area (TPSA) is 65.4 Å². The fourth-order valence-electron chi connectivity index (χ4n) is 1.23. The molecular formula is C12H10N4S. The number of hydrogen-bond acceptors (Lipinski definition) is 4. The van der Waals surface area contributed by atoms with Crippen molar-refractivity contribution in [3.8, 4) is 6.07 Å². The van der Waals surface area contributed by atoms with Gasteiger partial charge in [0.2, 0.25) is 5.16 Å². The molecule has 0 fully saturated rings. The molecule has 0 aliphatic rings. The van der Waals surface area contributed by atoms with Crippen LogP contribution >= 0.6 is 11.8 Å². The summed E-state index contributed by atoms with van der Waals surface area (Å²) in [7, 11) is 0. The molecule has 1 N–H and O–H groups in total. The lowest BCUT2D eigenvalue weighted by molar-refractivity contribution is 0.974. The number of thioether (sulfide) groups is 1. The summed E-state index contributed by atoms with van der Waals surface area (Å²) in [6, 6.07) is 12.0. The van der Waals surface area contributed by atoms with Gasteiger partial charge in [0.25, 0.3) is 0 Å². The number of nitrogens with zero attached hydrogens (tertiary/aromatic N) is 3. The Hall–Kier alpha value is -2.06. The number of nitriles is 1. The first kappa shape index (κ1) is 11.4. The molecule has 0 aliphatic heterocycles. The maximum atomic E-state index is 8.44. The maximum absolute atomic E-state index is 8.44. The third kappa shape index (κ3) is 3.47. The highest BCUT2D eigenvalue weighted by Gasteiger charge is 2.00. The van der Waals surface area contributed by atoms with Crippen LogP contribution in [-0.4, -0.2) is 20.9 Å². The van der Waals surface area contributed by atoms with Crippen LogP contribution < -0.4 is 0 Å². The Bertz CT molecular complexity index is 539. The van der Waals surface area contributed by atoms with Crippen molar-refractivity contribution >= 4 is 23.9 Å². The number of nitrogens with one attached hydrogen (secondary N) is 1. The van der Waals surface area contributed by atoms with Gasteiger partial charge >= 0.3 is 0 Å². The molecule has 0 atom stereocenters. The van der Waals surface area contributed by atoms with Gasteiger partial charge in [-0.15, -0.1) is 5.10 Å². The standard InChI is InChI=1S/C12H10N4S/c13-8-9-17-12-14-11(15-16-12)7-6-10-4-2-1-3-5-10/h1-7H,9H2,(H,14,15,16)/b7-6+. The molecule has 0 saturated heterocycles. The van der Waals surface area contributed by atoms with Crippen LogP contribution in [0.3, 0.4) is 0 Å². The monoisotopic (exact) mass is 242 g/mol. The molecule has 5 heteroatoms. The lowest BCUT2D eigenvalue weighted by Crippen LogP contribution is -1.76. The number of aromatic nitrogens is 3. The lowest BCUT2D eigenvalue weighted by atomic mass is 10.2. The number of aromatic amines is 1. The number of hydrogen-bond donors (Lipinski definition) is 1. The number of H-pyrrole nitrogens is 1. The zero-order valence-corrected chi connectivity index (χ0v) is 9.81. The second kappa shape index (κ2) is 5.87. The molecule has 17 heavy (non-hydrogen) atoms. The second-order valence-corrected chi connectivity index (χ2v) is 4.14. The fourth-order valence-corrected chi connectivity index (χ4v) is 1.70. The van der Waals surface area contributed by atoms with Crippen molar-refractivity contribution in [1.82, 2.24) is 15.2 Å². The molecule has 0 saturated carbocycles. The molecule has 0 unspecified atom stereocenters. The van der Waals surface area contributed by atoms with E-state index in [1.54, 1.807) is 0 Å². The Morgan fingerprint density at radius 2 is 2.12 bits per heavy atom. The summed E-state index contributed by atoms with van der Waals surface area (Å²) in [6.45, 7) is 0. The van der Waals surface area contributed by atoms with Crippen molar-refractivity contribution in [1.29, 1.82) is 5.26 Å². The van der Waals surface area contributed by atoms with E-state index in [9.17, 15) is 0 Å². The zero-order chi connectivity index (χ0) is 11.9. The van der Waals surface area contributed by atoms with Crippen LogP contribution in [-0.2, 0) is 0 Å². The van der Waals surface area contributed by atoms with E-state index in [-0.39, 0.29) is 0 Å². The van der Waals surface area contributed by atoms with Crippen LogP contribution in [0.5, 0.6) is 0 Å². The van der Waals surface area contributed by atoms with Gasteiger partial charge in [-0.25, -0.2) is 4.98 Å². The highest BCUT2D eigenvalue weighted by atomic mass is 32.2. The minimum atomic E-state index is 0.361. The van der Waals surface area contributed by atoms with Crippen LogP contribution in [0.2, 0.25) is 0 Å². The van der Waals surface area contributed by atoms with Gasteiger partial charge in [0.1, 0.15) is 5.82 Å². The van der Waals surface area contributed by atoms with E-state index in [2.05, 4.69) is 15.2 Å². The van der Waals surface area contributed by atoms with E-state index in [0.29, 0.717) is 16.7 Å². The average Bonchev–Trinajstić information content (AvgIpc) is 2.83. The molecule has 0 spiro atoms. The van der Waals surface area contributed by atoms with Crippen LogP contribution in [0.15, 0.2) is 35.5 Å². The molecular weight excluding hydrogens is 232 g/mol. The van der Waals surface area contributed by atoms with Crippen molar-refractivity contribution in [2.24, 2.45) is 0 Å². The number of rotatable bonds is 4. The molecule has 2 aromatic rings. The lowest BCUT2D eigenvalue weighted by Gasteiger charge is -1.89. The van der Waals surface area contributed by atoms with E-state index in [1.165, 1.54) is 11.8 Å². The smallest absolute Gasteiger partial charge is 0.209 e. The fraction of sp³-hybridized carbons (Fsp3) is 0.0833. The summed E-state index contributed by atoms with van der Waals surface area (Å²) in [5.41, 5.74) is 1.11. The first-order valence-corrected chi connectivity index (χ1v) is 6.02. The molecule has 1 aromatic heterocycles. The predicted octanol–water partition coefficient (Wildman–Crippen LogP) is 2.59. The van der Waals surface area contributed by atoms with Gasteiger partial charge in [-0.1, -0.05) is 48.2 Å². The Morgan fingerprint density at radius 3 is 2.88 bits per heavy atom. The van der Waals surface area contributed by atoms with E-state index in [0.717, 1.165) is 5.56 Å². The van der Waals surface area contributed by atoms with Gasteiger partial charge in [0.15, 0.2) is 0 Å². The first-order valence-electron chi connectivity index (χ1n) is 5.04. The van der Waals surface area contributed by atoms with Gasteiger partial charge in [0, 0.05) is 0 Å². The molecule has 4 nitrogen and oxygen atoms in total. The summed E-state index contributed by atoms with van der Waals surface area (Å²) in [5.74, 6) is 1.05. The number of benzene rings is 1. The molecule has 0 radical (unpaired) electrons. The first-order chi connectivity index (χ1) is 8.38. The minimum Gasteiger partial charge on any atom is -0.259 e. The van der Waals surface area contributed by atoms with Gasteiger partial charge in [-0.2, -0.15) is 5.26 Å². The molecule has 0 bridgehead atoms. The Labute approximate surface area is 103 Å². The SMILES string of the molecule is N#CCSc1n[nH]c(/C=C/c2ccccc2)n1. The molecule has 84 valence electrons. The molecule has 2 rings (SSSR count). The highest BCUT2D eigenvalue weighted by Crippen LogP contribution is 2.12. The largest absolute Gasteiger partial charge is 0.259 e. The van der Waals surface area contributed by atoms with Crippen molar-refractivity contribution < 1.29 is 0 Å². The predicted molar refractivity (Wildman–Crippen MR) is 68.1 cm³/mol. The summed E-state index contributed by atoms with van der Waals surface area (Å²) in [4.78, 5) is 4.22. The average molecular weight is 242 g/mol. The molecule has 0 amide bonds. The van der Waals surface area contributed by atoms with Crippen LogP contribution in [0.25, 0.3) is 12.2 Å². The van der Waals surface area contributed by atoms with Crippen LogP contribution in [0.4, 0.5) is 0 Å². The second-order valence-electron chi connectivity index (χ2n) is 3.19. The van der Waals surface area contributed by atoms with Crippen molar-refractivity contribution in [2.75, 3.05) is 5.75 Å². The van der Waals surface area contributed by atoms with Gasteiger partial charge in [-0.05, 0) is 11.6 Å². The molecule has 1 heterocycles. The van der Waals surface area contributed by atoms with Gasteiger partial charge in [0.05, 0.1) is 11.8 Å². The van der Waals surface area contributed by atoms with E-state index < -0.39 is 0 Å². The quantitative estimate of drug-likeness (QED) is 0.837. The molecule has 1 aromatic carbocycles. The van der Waals surface area contributed by atoms with Crippen LogP contribution in [0, 0.1) is 11.3 Å². The van der Waals surface area contributed by atoms with Crippen molar-refractivity contribution in [2.45, 2.75) is 5.16 Å². The van der Waals surface area contributed by atoms with E-state index in [4.69, 9.17) is 5.26 Å². The van der Waals surface area contributed by atoms with E-state index in [1.807, 2.05) is 48.6 Å². The summed E-state index contributed by atoms with van der Waals surface area (Å²) >= 11 is 1.31. The van der Waals surface area contributed by atoms with Crippen molar-refractivity contribution in [3.63, 3.8) is 0 Å². The summed E-state index contributed by atoms with van der Waals surface area (Å²) in [5, 5.41) is 15.8. The van der Waals surface area contributed by atoms with E-state index >= 15 is 0 Å². The Balaban J connectivity index is 2.02. The molecule has 0 aliphatic carbocycles. The summed E-state index contributed by atoms with van der Waals surface area (Å²) in [6.07, 6.45) is 3.82. The Kier molecular flexibility index (Phi) is 3.95. The van der Waals surface area contributed by atoms with Crippen LogP contribution in [0.1, 0.15) is 11.4 Å². The van der Waals surface area contributed by atoms with Gasteiger partial charge in [-0.3, -0.25) is 5.10 Å². The van der Waals surface area contributed by atoms with Gasteiger partial charge < -0.3 is 0 Å². The third-order valence-electron chi connectivity index (χ3n) is 1.98. The van der Waals surface area contributed by atoms with Crippen molar-refractivity contribution in [3.05, 3.63) is 41.7 Å². The maximum Gasteiger partial charge on any atom is 0.209 e. The Morgan fingerprint density at radius 1 is 1.29 bits per heavy atom. The minimum absolute atomic E-state index is 0.361. The third-order valence-corrected chi connectivity index (χ3v) is 2.70.